The van der Waals surface area contributed by atoms with Crippen molar-refractivity contribution in [1.82, 2.24) is 4.90 Å². The van der Waals surface area contributed by atoms with Crippen molar-refractivity contribution in [2.75, 3.05) is 20.3 Å². The van der Waals surface area contributed by atoms with Gasteiger partial charge in [-0.25, -0.2) is 0 Å². The summed E-state index contributed by atoms with van der Waals surface area (Å²) in [6, 6.07) is 6.07. The molecule has 2 aromatic carbocycles. The van der Waals surface area contributed by atoms with Crippen molar-refractivity contribution in [3.63, 3.8) is 0 Å². The van der Waals surface area contributed by atoms with E-state index in [4.69, 9.17) is 23.7 Å². The zero-order valence-corrected chi connectivity index (χ0v) is 25.5. The molecule has 0 aromatic heterocycles. The molecule has 0 amide bonds. The zero-order valence-electron chi connectivity index (χ0n) is 25.5. The second-order valence-corrected chi connectivity index (χ2v) is 12.9. The molecule has 0 spiro atoms. The van der Waals surface area contributed by atoms with Gasteiger partial charge in [0.25, 0.3) is 0 Å². The lowest BCUT2D eigenvalue weighted by molar-refractivity contribution is -0.256. The first-order chi connectivity index (χ1) is 21.4. The molecular formula is C33H37NO11. The van der Waals surface area contributed by atoms with Crippen LogP contribution in [-0.2, 0) is 34.9 Å². The normalized spacial score (nSPS) is 34.1. The molecule has 3 N–H and O–H groups in total. The number of rotatable bonds is 5. The Kier molecular flexibility index (Phi) is 7.40. The number of carbonyl (C=O) groups is 3. The number of carbonyl (C=O) groups excluding carboxylic acids is 3. The highest BCUT2D eigenvalue weighted by Crippen LogP contribution is 2.52. The number of morpholine rings is 1. The highest BCUT2D eigenvalue weighted by atomic mass is 16.7. The van der Waals surface area contributed by atoms with Crippen LogP contribution >= 0.6 is 0 Å². The predicted octanol–water partition coefficient (Wildman–Crippen LogP) is 2.37. The summed E-state index contributed by atoms with van der Waals surface area (Å²) < 4.78 is 30.2. The van der Waals surface area contributed by atoms with E-state index in [1.807, 2.05) is 6.92 Å². The summed E-state index contributed by atoms with van der Waals surface area (Å²) in [7, 11) is 1.56. The lowest BCUT2D eigenvalue weighted by atomic mass is 9.70. The summed E-state index contributed by atoms with van der Waals surface area (Å²) in [6.07, 6.45) is -4.00. The first-order valence-corrected chi connectivity index (χ1v) is 15.4. The maximum atomic E-state index is 13.7. The Morgan fingerprint density at radius 2 is 1.73 bits per heavy atom. The van der Waals surface area contributed by atoms with Gasteiger partial charge in [-0.05, 0) is 6.92 Å². The molecule has 8 atom stereocenters. The van der Waals surface area contributed by atoms with Gasteiger partial charge in [-0.3, -0.25) is 19.3 Å². The fraction of sp³-hybridized carbons (Fsp3) is 0.545. The van der Waals surface area contributed by atoms with Gasteiger partial charge in [0.05, 0.1) is 29.9 Å². The van der Waals surface area contributed by atoms with Crippen LogP contribution in [0.15, 0.2) is 24.3 Å². The molecule has 3 fully saturated rings. The number of methoxy groups -OCH3 is 1. The van der Waals surface area contributed by atoms with Crippen molar-refractivity contribution in [3.8, 4) is 11.5 Å². The van der Waals surface area contributed by atoms with Crippen molar-refractivity contribution in [2.45, 2.75) is 88.8 Å². The van der Waals surface area contributed by atoms with Crippen LogP contribution in [0, 0.1) is 5.92 Å². The van der Waals surface area contributed by atoms with Crippen molar-refractivity contribution in [1.29, 1.82) is 0 Å². The number of Topliss-reactive ketones (excluding diaryl/α,β-unsaturated/α-hetero) is 1. The molecule has 240 valence electrons. The van der Waals surface area contributed by atoms with E-state index in [0.717, 1.165) is 0 Å². The maximum absolute atomic E-state index is 13.7. The molecule has 45 heavy (non-hydrogen) atoms. The molecule has 3 heterocycles. The number of ketones is 3. The predicted molar refractivity (Wildman–Crippen MR) is 155 cm³/mol. The number of aromatic hydroxyl groups is 2. The highest BCUT2D eigenvalue weighted by Gasteiger charge is 2.55. The number of hydrogen-bond acceptors (Lipinski definition) is 12. The number of phenolic OH excluding ortho intramolecular Hbond substituents is 2. The molecule has 0 saturated carbocycles. The average Bonchev–Trinajstić information content (AvgIpc) is 3.40. The lowest BCUT2D eigenvalue weighted by Crippen LogP contribution is -2.55. The van der Waals surface area contributed by atoms with Crippen LogP contribution in [0.4, 0.5) is 0 Å². The summed E-state index contributed by atoms with van der Waals surface area (Å²) in [6.45, 7) is 6.25. The van der Waals surface area contributed by atoms with Crippen LogP contribution in [0.5, 0.6) is 11.5 Å². The largest absolute Gasteiger partial charge is 0.507 e. The molecule has 0 bridgehead atoms. The molecule has 0 radical (unpaired) electrons. The molecule has 3 saturated heterocycles. The second kappa shape index (κ2) is 10.9. The Morgan fingerprint density at radius 1 is 1.07 bits per heavy atom. The number of ether oxygens (including phenoxy) is 5. The van der Waals surface area contributed by atoms with Gasteiger partial charge in [0.2, 0.25) is 0 Å². The van der Waals surface area contributed by atoms with Gasteiger partial charge in [0, 0.05) is 67.1 Å². The Morgan fingerprint density at radius 3 is 2.38 bits per heavy atom. The molecule has 8 unspecified atom stereocenters. The average molecular weight is 624 g/mol. The van der Waals surface area contributed by atoms with Gasteiger partial charge in [0.1, 0.15) is 23.2 Å². The third kappa shape index (κ3) is 4.57. The Labute approximate surface area is 259 Å². The van der Waals surface area contributed by atoms with Crippen LogP contribution in [0.2, 0.25) is 0 Å². The smallest absolute Gasteiger partial charge is 0.198 e. The van der Waals surface area contributed by atoms with Crippen molar-refractivity contribution >= 4 is 17.3 Å². The third-order valence-corrected chi connectivity index (χ3v) is 9.86. The molecule has 3 aliphatic heterocycles. The Bertz CT molecular complexity index is 1590. The van der Waals surface area contributed by atoms with E-state index in [2.05, 4.69) is 4.90 Å². The topological polar surface area (TPSA) is 161 Å². The summed E-state index contributed by atoms with van der Waals surface area (Å²) in [5, 5.41) is 35.1. The number of hydrogen-bond donors (Lipinski definition) is 3. The minimum Gasteiger partial charge on any atom is -0.507 e. The fourth-order valence-corrected chi connectivity index (χ4v) is 7.82. The van der Waals surface area contributed by atoms with E-state index in [-0.39, 0.29) is 58.4 Å². The summed E-state index contributed by atoms with van der Waals surface area (Å²) in [5.41, 5.74) is -2.42. The maximum Gasteiger partial charge on any atom is 0.198 e. The first-order valence-electron chi connectivity index (χ1n) is 15.4. The van der Waals surface area contributed by atoms with E-state index in [9.17, 15) is 29.7 Å². The van der Waals surface area contributed by atoms with Crippen LogP contribution in [0.3, 0.4) is 0 Å². The van der Waals surface area contributed by atoms with Crippen LogP contribution in [0.25, 0.3) is 0 Å². The van der Waals surface area contributed by atoms with Crippen LogP contribution in [0.1, 0.15) is 82.7 Å². The Hall–Kier alpha value is -3.23. The van der Waals surface area contributed by atoms with E-state index >= 15 is 0 Å². The molecule has 5 aliphatic rings. The van der Waals surface area contributed by atoms with Crippen LogP contribution < -0.4 is 0 Å². The van der Waals surface area contributed by atoms with Crippen molar-refractivity contribution in [3.05, 3.63) is 57.6 Å². The number of aliphatic hydroxyl groups is 1. The first kappa shape index (κ1) is 30.4. The van der Waals surface area contributed by atoms with Crippen molar-refractivity contribution in [2.24, 2.45) is 5.92 Å². The monoisotopic (exact) mass is 623 g/mol. The molecule has 12 heteroatoms. The van der Waals surface area contributed by atoms with Gasteiger partial charge in [-0.15, -0.1) is 0 Å². The van der Waals surface area contributed by atoms with Gasteiger partial charge in [-0.2, -0.15) is 0 Å². The van der Waals surface area contributed by atoms with E-state index < -0.39 is 71.4 Å². The quantitative estimate of drug-likeness (QED) is 0.357. The van der Waals surface area contributed by atoms with Gasteiger partial charge in [0.15, 0.2) is 36.2 Å². The standard InChI is InChI=1S/C33H37NO11/c1-14(2)30(39)33(40)12-18-22(28(38)24-23(27(18)37)25(35)16-7-5-6-8-17(16)26(24)36)20(13-33)44-21-11-19-29(15(3)43-21)45-31-32(41-4)42-10-9-34(19)31/h5-8,14-15,19-21,29,31-32,37-38,40H,9-13H2,1-4H3. The summed E-state index contributed by atoms with van der Waals surface area (Å²) in [5.74, 6) is -3.36. The molecule has 12 nitrogen and oxygen atoms in total. The minimum atomic E-state index is -1.98. The number of nitrogens with zero attached hydrogens (tertiary/aromatic N) is 1. The zero-order chi connectivity index (χ0) is 31.9. The van der Waals surface area contributed by atoms with Crippen LogP contribution in [-0.4, -0.2) is 100 Å². The van der Waals surface area contributed by atoms with E-state index in [1.54, 1.807) is 33.1 Å². The SMILES string of the molecule is COC1OCCN2C3CC(OC4CC(O)(C(=O)C(C)C)Cc5c(O)c6c(c(O)c54)C(=O)c4ccccc4C6=O)OC(C)C3OC12. The number of phenols is 2. The number of fused-ring (bicyclic) bond motifs is 6. The van der Waals surface area contributed by atoms with Gasteiger partial charge in [-0.1, -0.05) is 38.1 Å². The van der Waals surface area contributed by atoms with Gasteiger partial charge >= 0.3 is 0 Å². The molecule has 2 aliphatic carbocycles. The van der Waals surface area contributed by atoms with E-state index in [1.165, 1.54) is 12.1 Å². The number of benzene rings is 2. The highest BCUT2D eigenvalue weighted by molar-refractivity contribution is 6.30. The van der Waals surface area contributed by atoms with Gasteiger partial charge < -0.3 is 39.0 Å². The third-order valence-electron chi connectivity index (χ3n) is 9.86. The Balaban J connectivity index is 1.29. The fourth-order valence-electron chi connectivity index (χ4n) is 7.82. The molecular weight excluding hydrogens is 586 g/mol. The van der Waals surface area contributed by atoms with E-state index in [0.29, 0.717) is 19.6 Å². The lowest BCUT2D eigenvalue weighted by Gasteiger charge is -2.43. The second-order valence-electron chi connectivity index (χ2n) is 12.9. The minimum absolute atomic E-state index is 0.0124. The summed E-state index contributed by atoms with van der Waals surface area (Å²) >= 11 is 0. The summed E-state index contributed by atoms with van der Waals surface area (Å²) in [4.78, 5) is 42.8. The molecule has 2 aromatic rings. The molecule has 7 rings (SSSR count). The van der Waals surface area contributed by atoms with Crippen molar-refractivity contribution < 1.29 is 53.4 Å².